The van der Waals surface area contributed by atoms with Crippen LogP contribution in [-0.4, -0.2) is 40.7 Å². The van der Waals surface area contributed by atoms with Gasteiger partial charge >= 0.3 is 0 Å². The van der Waals surface area contributed by atoms with Crippen LogP contribution >= 0.6 is 0 Å². The zero-order chi connectivity index (χ0) is 13.1. The number of ether oxygens (including phenoxy) is 1. The number of aliphatic hydroxyl groups excluding tert-OH is 1. The summed E-state index contributed by atoms with van der Waals surface area (Å²) < 4.78 is 7.35. The normalized spacial score (nSPS) is 15.7. The highest BCUT2D eigenvalue weighted by molar-refractivity contribution is 5.59. The number of anilines is 1. The molecule has 0 radical (unpaired) electrons. The predicted molar refractivity (Wildman–Crippen MR) is 72.4 cm³/mol. The zero-order valence-electron chi connectivity index (χ0n) is 10.6. The van der Waals surface area contributed by atoms with Gasteiger partial charge in [0.25, 0.3) is 0 Å². The van der Waals surface area contributed by atoms with E-state index in [1.165, 1.54) is 0 Å². The average Bonchev–Trinajstić information content (AvgIpc) is 2.92. The summed E-state index contributed by atoms with van der Waals surface area (Å²) >= 11 is 0. The first-order chi connectivity index (χ1) is 9.33. The lowest BCUT2D eigenvalue weighted by molar-refractivity contribution is 0.151. The van der Waals surface area contributed by atoms with Crippen LogP contribution in [0.1, 0.15) is 0 Å². The fourth-order valence-electron chi connectivity index (χ4n) is 2.35. The van der Waals surface area contributed by atoms with Gasteiger partial charge in [0.15, 0.2) is 0 Å². The molecule has 1 atom stereocenters. The lowest BCUT2D eigenvalue weighted by atomic mass is 10.2. The van der Waals surface area contributed by atoms with Crippen LogP contribution in [0, 0.1) is 0 Å². The highest BCUT2D eigenvalue weighted by atomic mass is 16.5. The van der Waals surface area contributed by atoms with E-state index in [4.69, 9.17) is 4.74 Å². The van der Waals surface area contributed by atoms with E-state index in [0.717, 1.165) is 18.0 Å². The second-order valence-electron chi connectivity index (χ2n) is 4.64. The van der Waals surface area contributed by atoms with Crippen LogP contribution in [0.15, 0.2) is 42.7 Å². The Morgan fingerprint density at radius 2 is 2.16 bits per heavy atom. The smallest absolute Gasteiger partial charge is 0.142 e. The van der Waals surface area contributed by atoms with E-state index in [1.54, 1.807) is 10.9 Å². The molecule has 1 aromatic heterocycles. The second kappa shape index (κ2) is 5.32. The largest absolute Gasteiger partial charge is 0.490 e. The van der Waals surface area contributed by atoms with Crippen molar-refractivity contribution in [3.63, 3.8) is 0 Å². The maximum Gasteiger partial charge on any atom is 0.142 e. The van der Waals surface area contributed by atoms with Gasteiger partial charge in [-0.1, -0.05) is 12.1 Å². The minimum absolute atomic E-state index is 0.453. The third-order valence-corrected chi connectivity index (χ3v) is 3.21. The monoisotopic (exact) mass is 259 g/mol. The third kappa shape index (κ3) is 2.71. The number of rotatable bonds is 4. The number of aliphatic hydroxyl groups is 1. The van der Waals surface area contributed by atoms with Crippen LogP contribution in [0.4, 0.5) is 5.69 Å². The number of para-hydroxylation sites is 2. The molecule has 5 nitrogen and oxygen atoms in total. The SMILES string of the molecule is OC(CN1CCOc2ccccc21)Cn1cccn1. The molecule has 19 heavy (non-hydrogen) atoms. The summed E-state index contributed by atoms with van der Waals surface area (Å²) in [5, 5.41) is 14.3. The van der Waals surface area contributed by atoms with Gasteiger partial charge in [-0.3, -0.25) is 4.68 Å². The Kier molecular flexibility index (Phi) is 3.37. The molecule has 2 heterocycles. The van der Waals surface area contributed by atoms with Crippen molar-refractivity contribution >= 4 is 5.69 Å². The van der Waals surface area contributed by atoms with Crippen molar-refractivity contribution in [1.82, 2.24) is 9.78 Å². The maximum absolute atomic E-state index is 10.2. The highest BCUT2D eigenvalue weighted by Gasteiger charge is 2.20. The molecular weight excluding hydrogens is 242 g/mol. The summed E-state index contributed by atoms with van der Waals surface area (Å²) in [6, 6.07) is 9.79. The quantitative estimate of drug-likeness (QED) is 0.894. The molecule has 1 aliphatic rings. The second-order valence-corrected chi connectivity index (χ2v) is 4.64. The van der Waals surface area contributed by atoms with Crippen molar-refractivity contribution in [2.24, 2.45) is 0 Å². The van der Waals surface area contributed by atoms with Gasteiger partial charge in [0.1, 0.15) is 12.4 Å². The minimum Gasteiger partial charge on any atom is -0.490 e. The van der Waals surface area contributed by atoms with Crippen LogP contribution in [0.2, 0.25) is 0 Å². The van der Waals surface area contributed by atoms with E-state index in [1.807, 2.05) is 36.5 Å². The lowest BCUT2D eigenvalue weighted by Crippen LogP contribution is -2.39. The zero-order valence-corrected chi connectivity index (χ0v) is 10.6. The van der Waals surface area contributed by atoms with Crippen molar-refractivity contribution in [2.45, 2.75) is 12.6 Å². The van der Waals surface area contributed by atoms with Gasteiger partial charge in [-0.05, 0) is 18.2 Å². The fraction of sp³-hybridized carbons (Fsp3) is 0.357. The molecule has 1 N–H and O–H groups in total. The topological polar surface area (TPSA) is 50.5 Å². The molecule has 0 bridgehead atoms. The van der Waals surface area contributed by atoms with E-state index >= 15 is 0 Å². The Morgan fingerprint density at radius 3 is 3.00 bits per heavy atom. The molecule has 0 saturated heterocycles. The molecule has 1 unspecified atom stereocenters. The maximum atomic E-state index is 10.2. The van der Waals surface area contributed by atoms with Gasteiger partial charge in [0.05, 0.1) is 24.9 Å². The first-order valence-electron chi connectivity index (χ1n) is 6.45. The Balaban J connectivity index is 1.67. The summed E-state index contributed by atoms with van der Waals surface area (Å²) in [7, 11) is 0. The summed E-state index contributed by atoms with van der Waals surface area (Å²) in [6.07, 6.45) is 3.12. The van der Waals surface area contributed by atoms with E-state index in [9.17, 15) is 5.11 Å². The number of fused-ring (bicyclic) bond motifs is 1. The molecule has 0 fully saturated rings. The summed E-state index contributed by atoms with van der Waals surface area (Å²) in [4.78, 5) is 2.16. The number of aromatic nitrogens is 2. The fourth-order valence-corrected chi connectivity index (χ4v) is 2.35. The Labute approximate surface area is 112 Å². The molecule has 0 spiro atoms. The molecule has 5 heteroatoms. The number of benzene rings is 1. The molecule has 0 saturated carbocycles. The standard InChI is InChI=1S/C14H17N3O2/c18-12(11-17-7-3-6-15-17)10-16-8-9-19-14-5-2-1-4-13(14)16/h1-7,12,18H,8-11H2. The summed E-state index contributed by atoms with van der Waals surface area (Å²) in [5.74, 6) is 0.889. The van der Waals surface area contributed by atoms with Crippen molar-refractivity contribution in [3.05, 3.63) is 42.7 Å². The van der Waals surface area contributed by atoms with E-state index in [-0.39, 0.29) is 0 Å². The Hall–Kier alpha value is -2.01. The van der Waals surface area contributed by atoms with Gasteiger partial charge in [-0.25, -0.2) is 0 Å². The number of hydrogen-bond donors (Lipinski definition) is 1. The van der Waals surface area contributed by atoms with Crippen LogP contribution in [-0.2, 0) is 6.54 Å². The summed E-state index contributed by atoms with van der Waals surface area (Å²) in [6.45, 7) is 2.55. The van der Waals surface area contributed by atoms with E-state index in [2.05, 4.69) is 10.00 Å². The molecule has 3 rings (SSSR count). The number of hydrogen-bond acceptors (Lipinski definition) is 4. The Bertz CT molecular complexity index is 527. The predicted octanol–water partition coefficient (Wildman–Crippen LogP) is 1.14. The molecule has 0 aliphatic carbocycles. The van der Waals surface area contributed by atoms with E-state index in [0.29, 0.717) is 19.7 Å². The molecule has 1 aliphatic heterocycles. The molecular formula is C14H17N3O2. The molecule has 100 valence electrons. The molecule has 1 aromatic carbocycles. The van der Waals surface area contributed by atoms with Crippen molar-refractivity contribution in [3.8, 4) is 5.75 Å². The van der Waals surface area contributed by atoms with Crippen LogP contribution in [0.3, 0.4) is 0 Å². The van der Waals surface area contributed by atoms with Gasteiger partial charge in [-0.15, -0.1) is 0 Å². The lowest BCUT2D eigenvalue weighted by Gasteiger charge is -2.32. The first-order valence-corrected chi connectivity index (χ1v) is 6.45. The third-order valence-electron chi connectivity index (χ3n) is 3.21. The first kappa shape index (κ1) is 12.0. The van der Waals surface area contributed by atoms with Gasteiger partial charge in [0.2, 0.25) is 0 Å². The number of β-amino-alcohol motifs (C(OH)–C–C–N with tert-alkyl or cyclic N) is 1. The summed E-state index contributed by atoms with van der Waals surface area (Å²) in [5.41, 5.74) is 1.05. The van der Waals surface area contributed by atoms with Crippen molar-refractivity contribution in [2.75, 3.05) is 24.6 Å². The minimum atomic E-state index is -0.453. The van der Waals surface area contributed by atoms with Gasteiger partial charge in [-0.2, -0.15) is 5.10 Å². The van der Waals surface area contributed by atoms with Crippen LogP contribution in [0.25, 0.3) is 0 Å². The Morgan fingerprint density at radius 1 is 1.26 bits per heavy atom. The molecule has 2 aromatic rings. The van der Waals surface area contributed by atoms with Crippen LogP contribution < -0.4 is 9.64 Å². The highest BCUT2D eigenvalue weighted by Crippen LogP contribution is 2.30. The number of nitrogens with zero attached hydrogens (tertiary/aromatic N) is 3. The van der Waals surface area contributed by atoms with Crippen molar-refractivity contribution < 1.29 is 9.84 Å². The average molecular weight is 259 g/mol. The van der Waals surface area contributed by atoms with Crippen LogP contribution in [0.5, 0.6) is 5.75 Å². The molecule has 0 amide bonds. The van der Waals surface area contributed by atoms with E-state index < -0.39 is 6.10 Å². The van der Waals surface area contributed by atoms with Crippen molar-refractivity contribution in [1.29, 1.82) is 0 Å². The van der Waals surface area contributed by atoms with Gasteiger partial charge in [0, 0.05) is 18.9 Å². The van der Waals surface area contributed by atoms with Gasteiger partial charge < -0.3 is 14.7 Å².